The fourth-order valence-corrected chi connectivity index (χ4v) is 4.61. The van der Waals surface area contributed by atoms with Gasteiger partial charge in [0.2, 0.25) is 0 Å². The number of phenolic OH excluding ortho intramolecular Hbond substituents is 1. The van der Waals surface area contributed by atoms with Crippen molar-refractivity contribution in [1.29, 1.82) is 0 Å². The maximum absolute atomic E-state index is 8.99. The summed E-state index contributed by atoms with van der Waals surface area (Å²) < 4.78 is 5.30. The summed E-state index contributed by atoms with van der Waals surface area (Å²) in [5.41, 5.74) is 4.01. The highest BCUT2D eigenvalue weighted by Gasteiger charge is 2.15. The second kappa shape index (κ2) is 20.1. The molecule has 3 rings (SSSR count). The Morgan fingerprint density at radius 3 is 1.69 bits per heavy atom. The molecular weight excluding hydrogens is 440 g/mol. The number of aromatic hydroxyl groups is 1. The van der Waals surface area contributed by atoms with Gasteiger partial charge in [0.05, 0.1) is 7.11 Å². The van der Waals surface area contributed by atoms with Gasteiger partial charge < -0.3 is 9.84 Å². The molecule has 0 bridgehead atoms. The number of methoxy groups -OCH3 is 1. The van der Waals surface area contributed by atoms with E-state index in [0.717, 1.165) is 36.8 Å². The average molecular weight is 501 g/mol. The van der Waals surface area contributed by atoms with Crippen molar-refractivity contribution in [3.8, 4) is 11.5 Å². The van der Waals surface area contributed by atoms with Crippen molar-refractivity contribution in [1.82, 2.24) is 0 Å². The third kappa shape index (κ3) is 15.2. The van der Waals surface area contributed by atoms with Crippen LogP contribution in [0.1, 0.15) is 112 Å². The Bertz CT molecular complexity index is 768. The SMILES string of the molecule is C.C.CC(C)C1CCCCC1.CC(C)Cc1ccc(O)cc1.CCc1cc(CC(C)C)ccc1OC. The van der Waals surface area contributed by atoms with Gasteiger partial charge in [-0.15, -0.1) is 0 Å². The van der Waals surface area contributed by atoms with Crippen molar-refractivity contribution in [3.63, 3.8) is 0 Å². The van der Waals surface area contributed by atoms with Gasteiger partial charge >= 0.3 is 0 Å². The van der Waals surface area contributed by atoms with E-state index in [9.17, 15) is 0 Å². The molecule has 0 heterocycles. The number of hydrogen-bond donors (Lipinski definition) is 1. The summed E-state index contributed by atoms with van der Waals surface area (Å²) in [6.07, 6.45) is 10.7. The molecular formula is C34H60O2. The van der Waals surface area contributed by atoms with Gasteiger partial charge in [0.1, 0.15) is 11.5 Å². The molecule has 2 aromatic carbocycles. The van der Waals surface area contributed by atoms with E-state index >= 15 is 0 Å². The predicted octanol–water partition coefficient (Wildman–Crippen LogP) is 10.5. The Labute approximate surface area is 225 Å². The third-order valence-electron chi connectivity index (χ3n) is 6.54. The summed E-state index contributed by atoms with van der Waals surface area (Å²) in [4.78, 5) is 0. The Hall–Kier alpha value is -1.96. The summed E-state index contributed by atoms with van der Waals surface area (Å²) in [7, 11) is 1.73. The number of ether oxygens (including phenoxy) is 1. The van der Waals surface area contributed by atoms with Crippen LogP contribution in [-0.4, -0.2) is 12.2 Å². The molecule has 0 unspecified atom stereocenters. The molecule has 0 aliphatic heterocycles. The van der Waals surface area contributed by atoms with Crippen molar-refractivity contribution in [2.24, 2.45) is 23.7 Å². The molecule has 0 saturated heterocycles. The highest BCUT2D eigenvalue weighted by Crippen LogP contribution is 2.29. The van der Waals surface area contributed by atoms with E-state index in [1.807, 2.05) is 12.1 Å². The van der Waals surface area contributed by atoms with Crippen LogP contribution in [0.5, 0.6) is 11.5 Å². The molecule has 2 nitrogen and oxygen atoms in total. The van der Waals surface area contributed by atoms with Crippen LogP contribution in [0.25, 0.3) is 0 Å². The van der Waals surface area contributed by atoms with E-state index in [1.54, 1.807) is 19.2 Å². The number of aryl methyl sites for hydroxylation is 1. The Kier molecular flexibility index (Phi) is 20.2. The molecule has 2 aromatic rings. The van der Waals surface area contributed by atoms with Gasteiger partial charge in [0, 0.05) is 0 Å². The van der Waals surface area contributed by atoms with Gasteiger partial charge in [-0.2, -0.15) is 0 Å². The van der Waals surface area contributed by atoms with E-state index in [-0.39, 0.29) is 14.9 Å². The van der Waals surface area contributed by atoms with Crippen LogP contribution >= 0.6 is 0 Å². The minimum absolute atomic E-state index is 0. The minimum Gasteiger partial charge on any atom is -0.508 e. The van der Waals surface area contributed by atoms with Crippen LogP contribution in [0.3, 0.4) is 0 Å². The quantitative estimate of drug-likeness (QED) is 0.409. The average Bonchev–Trinajstić information content (AvgIpc) is 2.81. The van der Waals surface area contributed by atoms with Crippen molar-refractivity contribution >= 4 is 0 Å². The Balaban J connectivity index is 0. The first-order valence-corrected chi connectivity index (χ1v) is 13.6. The van der Waals surface area contributed by atoms with Crippen LogP contribution in [0.4, 0.5) is 0 Å². The lowest BCUT2D eigenvalue weighted by Crippen LogP contribution is -2.12. The largest absolute Gasteiger partial charge is 0.508 e. The van der Waals surface area contributed by atoms with Gasteiger partial charge in [-0.1, -0.05) is 120 Å². The molecule has 0 spiro atoms. The van der Waals surface area contributed by atoms with E-state index in [2.05, 4.69) is 66.7 Å². The van der Waals surface area contributed by atoms with Crippen molar-refractivity contribution < 1.29 is 9.84 Å². The summed E-state index contributed by atoms with van der Waals surface area (Å²) in [5, 5.41) is 8.99. The van der Waals surface area contributed by atoms with Crippen LogP contribution in [0, 0.1) is 23.7 Å². The maximum atomic E-state index is 8.99. The molecule has 1 aliphatic carbocycles. The van der Waals surface area contributed by atoms with Crippen molar-refractivity contribution in [2.45, 2.75) is 115 Å². The lowest BCUT2D eigenvalue weighted by Gasteiger charge is -2.24. The molecule has 2 heteroatoms. The van der Waals surface area contributed by atoms with Crippen LogP contribution in [0.15, 0.2) is 42.5 Å². The Morgan fingerprint density at radius 2 is 1.28 bits per heavy atom. The second-order valence-electron chi connectivity index (χ2n) is 11.0. The third-order valence-corrected chi connectivity index (χ3v) is 6.54. The van der Waals surface area contributed by atoms with Crippen molar-refractivity contribution in [2.75, 3.05) is 7.11 Å². The second-order valence-corrected chi connectivity index (χ2v) is 11.0. The monoisotopic (exact) mass is 500 g/mol. The van der Waals surface area contributed by atoms with Gasteiger partial charge in [-0.3, -0.25) is 0 Å². The first kappa shape index (κ1) is 36.2. The van der Waals surface area contributed by atoms with E-state index < -0.39 is 0 Å². The maximum Gasteiger partial charge on any atom is 0.122 e. The molecule has 0 amide bonds. The highest BCUT2D eigenvalue weighted by atomic mass is 16.5. The zero-order valence-corrected chi connectivity index (χ0v) is 23.4. The van der Waals surface area contributed by atoms with Crippen LogP contribution in [0.2, 0.25) is 0 Å². The molecule has 1 N–H and O–H groups in total. The lowest BCUT2D eigenvalue weighted by molar-refractivity contribution is 0.279. The molecule has 0 atom stereocenters. The summed E-state index contributed by atoms with van der Waals surface area (Å²) in [6, 6.07) is 13.9. The predicted molar refractivity (Wildman–Crippen MR) is 162 cm³/mol. The molecule has 0 aromatic heterocycles. The van der Waals surface area contributed by atoms with Gasteiger partial charge in [-0.25, -0.2) is 0 Å². The fourth-order valence-electron chi connectivity index (χ4n) is 4.61. The number of benzene rings is 2. The van der Waals surface area contributed by atoms with Gasteiger partial charge in [0.25, 0.3) is 0 Å². The van der Waals surface area contributed by atoms with Crippen molar-refractivity contribution in [3.05, 3.63) is 59.2 Å². The Morgan fingerprint density at radius 1 is 0.778 bits per heavy atom. The summed E-state index contributed by atoms with van der Waals surface area (Å²) in [6.45, 7) is 15.7. The normalized spacial score (nSPS) is 13.1. The minimum atomic E-state index is 0. The first-order chi connectivity index (χ1) is 16.2. The smallest absolute Gasteiger partial charge is 0.122 e. The standard InChI is InChI=1S/C13H20O.C10H14O.C9H18.2CH4/c1-5-12-9-11(8-10(2)3)6-7-13(12)14-4;1-8(2)7-9-3-5-10(11)6-4-9;1-8(2)9-6-4-3-5-7-9;;/h6-7,9-10H,5,8H2,1-4H3;3-6,8,11H,7H2,1-2H3;8-9H,3-7H2,1-2H3;2*1H4. The number of rotatable bonds is 7. The molecule has 1 aliphatic rings. The van der Waals surface area contributed by atoms with E-state index in [4.69, 9.17) is 9.84 Å². The van der Waals surface area contributed by atoms with Gasteiger partial charge in [0.15, 0.2) is 0 Å². The summed E-state index contributed by atoms with van der Waals surface area (Å²) >= 11 is 0. The fraction of sp³-hybridized carbons (Fsp3) is 0.647. The van der Waals surface area contributed by atoms with E-state index in [0.29, 0.717) is 17.6 Å². The molecule has 208 valence electrons. The molecule has 1 saturated carbocycles. The topological polar surface area (TPSA) is 29.5 Å². The molecule has 36 heavy (non-hydrogen) atoms. The van der Waals surface area contributed by atoms with Crippen LogP contribution in [-0.2, 0) is 19.3 Å². The van der Waals surface area contributed by atoms with Gasteiger partial charge in [-0.05, 0) is 77.8 Å². The molecule has 0 radical (unpaired) electrons. The number of hydrogen-bond acceptors (Lipinski definition) is 2. The zero-order chi connectivity index (χ0) is 25.5. The summed E-state index contributed by atoms with van der Waals surface area (Å²) in [5.74, 6) is 4.74. The highest BCUT2D eigenvalue weighted by molar-refractivity contribution is 5.37. The number of phenols is 1. The lowest BCUT2D eigenvalue weighted by atomic mass is 9.82. The van der Waals surface area contributed by atoms with Crippen LogP contribution < -0.4 is 4.74 Å². The first-order valence-electron chi connectivity index (χ1n) is 13.6. The molecule has 1 fully saturated rings. The van der Waals surface area contributed by atoms with E-state index in [1.165, 1.54) is 48.8 Å². The zero-order valence-electron chi connectivity index (χ0n) is 23.4.